The van der Waals surface area contributed by atoms with Crippen LogP contribution in [0.4, 0.5) is 5.13 Å². The highest BCUT2D eigenvalue weighted by molar-refractivity contribution is 8.13. The van der Waals surface area contributed by atoms with Crippen LogP contribution < -0.4 is 5.32 Å². The number of hydrogen-bond acceptors (Lipinski definition) is 6. The summed E-state index contributed by atoms with van der Waals surface area (Å²) in [5.74, 6) is -0.580. The van der Waals surface area contributed by atoms with Crippen LogP contribution in [0.15, 0.2) is 17.0 Å². The highest BCUT2D eigenvalue weighted by Gasteiger charge is 2.39. The number of halogens is 1. The Bertz CT molecular complexity index is 1150. The third-order valence-corrected chi connectivity index (χ3v) is 7.79. The first-order chi connectivity index (χ1) is 13.7. The first-order valence-corrected chi connectivity index (χ1v) is 12.5. The molecule has 0 saturated carbocycles. The SMILES string of the molecule is CC(=O)Nc1nc(C)c(-c2cc3c(c(S(=O)(=O)Cl)c2)C(=O)N(C(C)C(C)(C)C)C3)s1. The normalized spacial score (nSPS) is 15.3. The molecule has 7 nitrogen and oxygen atoms in total. The minimum atomic E-state index is -4.16. The van der Waals surface area contributed by atoms with Crippen molar-refractivity contribution in [3.63, 3.8) is 0 Å². The van der Waals surface area contributed by atoms with Gasteiger partial charge in [-0.2, -0.15) is 0 Å². The van der Waals surface area contributed by atoms with E-state index in [0.29, 0.717) is 33.4 Å². The number of aromatic nitrogens is 1. The van der Waals surface area contributed by atoms with Crippen molar-refractivity contribution in [3.8, 4) is 10.4 Å². The molecular formula is C20H24ClN3O4S2. The van der Waals surface area contributed by atoms with Crippen LogP contribution in [0, 0.1) is 12.3 Å². The second kappa shape index (κ2) is 7.62. The minimum absolute atomic E-state index is 0.108. The Labute approximate surface area is 184 Å². The Morgan fingerprint density at radius 1 is 1.33 bits per heavy atom. The van der Waals surface area contributed by atoms with Crippen molar-refractivity contribution in [1.82, 2.24) is 9.88 Å². The van der Waals surface area contributed by atoms with Crippen molar-refractivity contribution >= 4 is 48.0 Å². The predicted molar refractivity (Wildman–Crippen MR) is 118 cm³/mol. The number of nitrogens with zero attached hydrogens (tertiary/aromatic N) is 2. The molecular weight excluding hydrogens is 446 g/mol. The van der Waals surface area contributed by atoms with Gasteiger partial charge in [-0.3, -0.25) is 9.59 Å². The molecule has 2 aromatic rings. The number of fused-ring (bicyclic) bond motifs is 1. The van der Waals surface area contributed by atoms with Gasteiger partial charge < -0.3 is 10.2 Å². The fraction of sp³-hybridized carbons (Fsp3) is 0.450. The van der Waals surface area contributed by atoms with Gasteiger partial charge in [0.05, 0.1) is 21.0 Å². The molecule has 0 bridgehead atoms. The largest absolute Gasteiger partial charge is 0.331 e. The zero-order valence-corrected chi connectivity index (χ0v) is 20.0. The number of aryl methyl sites for hydroxylation is 1. The van der Waals surface area contributed by atoms with E-state index in [1.807, 2.05) is 33.8 Å². The minimum Gasteiger partial charge on any atom is -0.331 e. The highest BCUT2D eigenvalue weighted by atomic mass is 35.7. The number of anilines is 1. The molecule has 1 unspecified atom stereocenters. The maximum atomic E-state index is 13.1. The molecule has 1 N–H and O–H groups in total. The van der Waals surface area contributed by atoms with Crippen molar-refractivity contribution in [3.05, 3.63) is 29.0 Å². The lowest BCUT2D eigenvalue weighted by atomic mass is 9.87. The number of thiazole rings is 1. The van der Waals surface area contributed by atoms with E-state index in [2.05, 4.69) is 10.3 Å². The predicted octanol–water partition coefficient (Wildman–Crippen LogP) is 4.39. The van der Waals surface area contributed by atoms with Gasteiger partial charge in [0, 0.05) is 30.2 Å². The molecule has 1 aliphatic heterocycles. The Kier molecular flexibility index (Phi) is 5.77. The van der Waals surface area contributed by atoms with E-state index < -0.39 is 9.05 Å². The first-order valence-electron chi connectivity index (χ1n) is 9.38. The van der Waals surface area contributed by atoms with Gasteiger partial charge >= 0.3 is 0 Å². The molecule has 3 rings (SSSR count). The van der Waals surface area contributed by atoms with Crippen molar-refractivity contribution in [2.75, 3.05) is 5.32 Å². The summed E-state index contributed by atoms with van der Waals surface area (Å²) in [7, 11) is 1.57. The lowest BCUT2D eigenvalue weighted by molar-refractivity contribution is -0.114. The Morgan fingerprint density at radius 3 is 2.50 bits per heavy atom. The number of amides is 2. The van der Waals surface area contributed by atoms with E-state index in [4.69, 9.17) is 10.7 Å². The lowest BCUT2D eigenvalue weighted by Crippen LogP contribution is -2.42. The van der Waals surface area contributed by atoms with Crippen molar-refractivity contribution in [1.29, 1.82) is 0 Å². The van der Waals surface area contributed by atoms with E-state index in [-0.39, 0.29) is 33.7 Å². The fourth-order valence-corrected chi connectivity index (χ4v) is 5.51. The monoisotopic (exact) mass is 469 g/mol. The lowest BCUT2D eigenvalue weighted by Gasteiger charge is -2.35. The molecule has 2 heterocycles. The summed E-state index contributed by atoms with van der Waals surface area (Å²) in [5.41, 5.74) is 1.81. The molecule has 0 aliphatic carbocycles. The van der Waals surface area contributed by atoms with Crippen LogP contribution >= 0.6 is 22.0 Å². The summed E-state index contributed by atoms with van der Waals surface area (Å²) < 4.78 is 24.7. The molecule has 0 fully saturated rings. The molecule has 1 atom stereocenters. The van der Waals surface area contributed by atoms with Gasteiger partial charge in [-0.05, 0) is 42.5 Å². The molecule has 30 heavy (non-hydrogen) atoms. The van der Waals surface area contributed by atoms with Gasteiger partial charge in [-0.1, -0.05) is 32.1 Å². The van der Waals surface area contributed by atoms with Crippen molar-refractivity contribution in [2.45, 2.75) is 59.0 Å². The van der Waals surface area contributed by atoms with Crippen molar-refractivity contribution < 1.29 is 18.0 Å². The third-order valence-electron chi connectivity index (χ3n) is 5.32. The van der Waals surface area contributed by atoms with Crippen molar-refractivity contribution in [2.24, 2.45) is 5.41 Å². The smallest absolute Gasteiger partial charge is 0.262 e. The Hall–Kier alpha value is -1.97. The molecule has 162 valence electrons. The molecule has 2 amide bonds. The molecule has 0 spiro atoms. The number of rotatable bonds is 4. The average Bonchev–Trinajstić information content (AvgIpc) is 3.11. The number of hydrogen-bond donors (Lipinski definition) is 1. The molecule has 10 heteroatoms. The van der Waals surface area contributed by atoms with Crippen LogP contribution in [0.25, 0.3) is 10.4 Å². The summed E-state index contributed by atoms with van der Waals surface area (Å²) in [6, 6.07) is 3.12. The number of nitrogens with one attached hydrogen (secondary N) is 1. The zero-order valence-electron chi connectivity index (χ0n) is 17.7. The molecule has 1 aromatic heterocycles. The van der Waals surface area contributed by atoms with Crippen LogP contribution in [0.2, 0.25) is 0 Å². The third kappa shape index (κ3) is 4.24. The summed E-state index contributed by atoms with van der Waals surface area (Å²) in [4.78, 5) is 31.0. The van der Waals surface area contributed by atoms with Gasteiger partial charge in [0.15, 0.2) is 5.13 Å². The van der Waals surface area contributed by atoms with Gasteiger partial charge in [-0.25, -0.2) is 13.4 Å². The second-order valence-corrected chi connectivity index (χ2v) is 12.1. The fourth-order valence-electron chi connectivity index (χ4n) is 3.41. The van der Waals surface area contributed by atoms with E-state index >= 15 is 0 Å². The second-order valence-electron chi connectivity index (χ2n) is 8.54. The highest BCUT2D eigenvalue weighted by Crippen LogP contribution is 2.41. The van der Waals surface area contributed by atoms with E-state index in [1.165, 1.54) is 24.3 Å². The zero-order chi connectivity index (χ0) is 22.6. The van der Waals surface area contributed by atoms with Gasteiger partial charge in [-0.15, -0.1) is 0 Å². The summed E-state index contributed by atoms with van der Waals surface area (Å²) >= 11 is 1.24. The van der Waals surface area contributed by atoms with E-state index in [9.17, 15) is 18.0 Å². The maximum absolute atomic E-state index is 13.1. The average molecular weight is 470 g/mol. The summed E-state index contributed by atoms with van der Waals surface area (Å²) in [5, 5.41) is 3.06. The standard InChI is InChI=1S/C20H24ClN3O4S2/c1-10-17(29-19(22-10)23-12(3)25)13-7-14-9-24(11(2)20(4,5)6)18(26)16(14)15(8-13)30(21,27)28/h7-8,11H,9H2,1-6H3,(H,22,23,25). The quantitative estimate of drug-likeness (QED) is 0.669. The van der Waals surface area contributed by atoms with Crippen LogP contribution in [0.1, 0.15) is 56.2 Å². The Morgan fingerprint density at radius 2 is 1.97 bits per heavy atom. The maximum Gasteiger partial charge on any atom is 0.262 e. The van der Waals surface area contributed by atoms with Gasteiger partial charge in [0.25, 0.3) is 15.0 Å². The van der Waals surface area contributed by atoms with E-state index in [0.717, 1.165) is 0 Å². The summed E-state index contributed by atoms with van der Waals surface area (Å²) in [6.07, 6.45) is 0. The number of benzene rings is 1. The van der Waals surface area contributed by atoms with Crippen LogP contribution in [0.5, 0.6) is 0 Å². The van der Waals surface area contributed by atoms with Gasteiger partial charge in [0.1, 0.15) is 0 Å². The van der Waals surface area contributed by atoms with Crippen LogP contribution in [-0.2, 0) is 20.4 Å². The summed E-state index contributed by atoms with van der Waals surface area (Å²) in [6.45, 7) is 11.5. The van der Waals surface area contributed by atoms with Crippen LogP contribution in [0.3, 0.4) is 0 Å². The molecule has 1 aromatic carbocycles. The number of carbonyl (C=O) groups excluding carboxylic acids is 2. The number of carbonyl (C=O) groups is 2. The molecule has 0 radical (unpaired) electrons. The van der Waals surface area contributed by atoms with E-state index in [1.54, 1.807) is 11.8 Å². The van der Waals surface area contributed by atoms with Gasteiger partial charge in [0.2, 0.25) is 5.91 Å². The molecule has 1 aliphatic rings. The topological polar surface area (TPSA) is 96.4 Å². The van der Waals surface area contributed by atoms with Crippen LogP contribution in [-0.4, -0.2) is 36.2 Å². The molecule has 0 saturated heterocycles. The first kappa shape index (κ1) is 22.7. The Balaban J connectivity index is 2.16.